The van der Waals surface area contributed by atoms with Gasteiger partial charge in [-0.15, -0.1) is 0 Å². The van der Waals surface area contributed by atoms with E-state index >= 15 is 0 Å². The fourth-order valence-electron chi connectivity index (χ4n) is 1.62. The first-order chi connectivity index (χ1) is 9.75. The maximum atomic E-state index is 11.4. The third-order valence-electron chi connectivity index (χ3n) is 2.61. The molecular weight excluding hydrogens is 298 g/mol. The van der Waals surface area contributed by atoms with Crippen LogP contribution in [0.3, 0.4) is 0 Å². The number of hydrogen-bond donors (Lipinski definition) is 2. The van der Waals surface area contributed by atoms with E-state index in [2.05, 4.69) is 20.4 Å². The molecule has 0 fully saturated rings. The van der Waals surface area contributed by atoms with Gasteiger partial charge in [0.15, 0.2) is 0 Å². The summed E-state index contributed by atoms with van der Waals surface area (Å²) in [6.07, 6.45) is 4.17. The van der Waals surface area contributed by atoms with Crippen LogP contribution in [0.1, 0.15) is 11.3 Å². The Labute approximate surface area is 120 Å². The van der Waals surface area contributed by atoms with Crippen molar-refractivity contribution < 1.29 is 18.3 Å². The van der Waals surface area contributed by atoms with Gasteiger partial charge in [-0.1, -0.05) is 0 Å². The molecule has 2 N–H and O–H groups in total. The number of carbonyl (C=O) groups is 1. The molecule has 112 valence electrons. The van der Waals surface area contributed by atoms with E-state index in [0.29, 0.717) is 23.5 Å². The summed E-state index contributed by atoms with van der Waals surface area (Å²) < 4.78 is 24.2. The van der Waals surface area contributed by atoms with Crippen LogP contribution in [0.2, 0.25) is 0 Å². The van der Waals surface area contributed by atoms with Gasteiger partial charge in [0.2, 0.25) is 15.0 Å². The highest BCUT2D eigenvalue weighted by atomic mass is 32.2. The summed E-state index contributed by atoms with van der Waals surface area (Å²) in [5.74, 6) is 0. The van der Waals surface area contributed by atoms with Crippen LogP contribution in [0, 0.1) is 6.92 Å². The smallest absolute Gasteiger partial charge is 0.409 e. The van der Waals surface area contributed by atoms with Crippen LogP contribution in [0.4, 0.5) is 10.5 Å². The lowest BCUT2D eigenvalue weighted by molar-refractivity contribution is 0.209. The highest BCUT2D eigenvalue weighted by molar-refractivity contribution is 7.90. The van der Waals surface area contributed by atoms with Crippen LogP contribution in [-0.2, 0) is 16.4 Å². The quantitative estimate of drug-likeness (QED) is 0.788. The number of sulfone groups is 1. The average Bonchev–Trinajstić information content (AvgIpc) is 2.77. The number of hydrogen-bond acceptors (Lipinski definition) is 6. The summed E-state index contributed by atoms with van der Waals surface area (Å²) in [6.45, 7) is 1.97. The van der Waals surface area contributed by atoms with Crippen molar-refractivity contribution >= 4 is 21.6 Å². The Morgan fingerprint density at radius 2 is 2.14 bits per heavy atom. The van der Waals surface area contributed by atoms with E-state index < -0.39 is 15.9 Å². The van der Waals surface area contributed by atoms with Crippen LogP contribution < -0.4 is 5.32 Å². The van der Waals surface area contributed by atoms with Gasteiger partial charge in [-0.05, 0) is 6.92 Å². The Kier molecular flexibility index (Phi) is 3.89. The lowest BCUT2D eigenvalue weighted by atomic mass is 10.2. The fourth-order valence-corrected chi connectivity index (χ4v) is 2.16. The summed E-state index contributed by atoms with van der Waals surface area (Å²) in [5.41, 5.74) is 1.55. The maximum Gasteiger partial charge on any atom is 0.409 e. The SMILES string of the molecule is Cc1nc(S(C)(=O)=O)ncc1Cn1cc(NC(=O)O)cn1. The van der Waals surface area contributed by atoms with Crippen molar-refractivity contribution in [1.82, 2.24) is 19.7 Å². The molecule has 10 heteroatoms. The number of aryl methyl sites for hydroxylation is 1. The summed E-state index contributed by atoms with van der Waals surface area (Å²) in [4.78, 5) is 18.3. The molecule has 0 aliphatic heterocycles. The Balaban J connectivity index is 2.20. The molecule has 0 spiro atoms. The molecule has 0 aliphatic carbocycles. The van der Waals surface area contributed by atoms with Gasteiger partial charge < -0.3 is 5.11 Å². The van der Waals surface area contributed by atoms with Crippen LogP contribution >= 0.6 is 0 Å². The first-order valence-electron chi connectivity index (χ1n) is 5.80. The molecule has 0 saturated heterocycles. The second-order valence-corrected chi connectivity index (χ2v) is 6.30. The van der Waals surface area contributed by atoms with Gasteiger partial charge in [0, 0.05) is 29.9 Å². The average molecular weight is 311 g/mol. The first-order valence-corrected chi connectivity index (χ1v) is 7.70. The van der Waals surface area contributed by atoms with Crippen LogP contribution in [0.5, 0.6) is 0 Å². The number of nitrogens with one attached hydrogen (secondary N) is 1. The van der Waals surface area contributed by atoms with Crippen molar-refractivity contribution in [2.45, 2.75) is 18.6 Å². The normalized spacial score (nSPS) is 11.3. The van der Waals surface area contributed by atoms with Gasteiger partial charge in [-0.25, -0.2) is 23.2 Å². The minimum atomic E-state index is -3.44. The third kappa shape index (κ3) is 3.75. The van der Waals surface area contributed by atoms with E-state index in [4.69, 9.17) is 5.11 Å². The van der Waals surface area contributed by atoms with Crippen molar-refractivity contribution in [2.75, 3.05) is 11.6 Å². The molecule has 2 rings (SSSR count). The molecule has 0 unspecified atom stereocenters. The Morgan fingerprint density at radius 1 is 1.43 bits per heavy atom. The monoisotopic (exact) mass is 311 g/mol. The van der Waals surface area contributed by atoms with Crippen LogP contribution in [-0.4, -0.2) is 45.6 Å². The summed E-state index contributed by atoms with van der Waals surface area (Å²) in [6, 6.07) is 0. The van der Waals surface area contributed by atoms with Crippen molar-refractivity contribution in [1.29, 1.82) is 0 Å². The third-order valence-corrected chi connectivity index (χ3v) is 3.47. The zero-order chi connectivity index (χ0) is 15.6. The van der Waals surface area contributed by atoms with Crippen molar-refractivity contribution in [3.8, 4) is 0 Å². The van der Waals surface area contributed by atoms with Gasteiger partial charge in [-0.3, -0.25) is 10.00 Å². The highest BCUT2D eigenvalue weighted by Crippen LogP contribution is 2.11. The predicted molar refractivity (Wildman–Crippen MR) is 72.9 cm³/mol. The van der Waals surface area contributed by atoms with E-state index in [-0.39, 0.29) is 5.16 Å². The van der Waals surface area contributed by atoms with Gasteiger partial charge in [-0.2, -0.15) is 5.10 Å². The molecule has 0 saturated carbocycles. The molecule has 0 bridgehead atoms. The summed E-state index contributed by atoms with van der Waals surface area (Å²) >= 11 is 0. The Hall–Kier alpha value is -2.49. The van der Waals surface area contributed by atoms with Crippen LogP contribution in [0.15, 0.2) is 23.7 Å². The predicted octanol–water partition coefficient (Wildman–Crippen LogP) is 0.523. The standard InChI is InChI=1S/C11H13N5O4S/c1-7-8(3-12-10(14-7)21(2,19)20)5-16-6-9(4-13-16)15-11(17)18/h3-4,6,15H,5H2,1-2H3,(H,17,18). The van der Waals surface area contributed by atoms with Crippen LogP contribution in [0.25, 0.3) is 0 Å². The maximum absolute atomic E-state index is 11.4. The molecule has 0 aliphatic rings. The molecule has 1 amide bonds. The van der Waals surface area contributed by atoms with Crippen molar-refractivity contribution in [3.63, 3.8) is 0 Å². The fraction of sp³-hybridized carbons (Fsp3) is 0.273. The number of amides is 1. The van der Waals surface area contributed by atoms with Crippen molar-refractivity contribution in [3.05, 3.63) is 29.8 Å². The molecule has 21 heavy (non-hydrogen) atoms. The van der Waals surface area contributed by atoms with E-state index in [0.717, 1.165) is 6.26 Å². The number of aromatic nitrogens is 4. The van der Waals surface area contributed by atoms with E-state index in [1.807, 2.05) is 0 Å². The molecular formula is C11H13N5O4S. The lowest BCUT2D eigenvalue weighted by Gasteiger charge is -2.06. The second kappa shape index (κ2) is 5.48. The Morgan fingerprint density at radius 3 is 2.71 bits per heavy atom. The minimum absolute atomic E-state index is 0.225. The molecule has 9 nitrogen and oxygen atoms in total. The number of anilines is 1. The van der Waals surface area contributed by atoms with E-state index in [1.54, 1.807) is 6.92 Å². The number of carboxylic acid groups (broad SMARTS) is 1. The molecule has 2 aromatic heterocycles. The van der Waals surface area contributed by atoms with E-state index in [1.165, 1.54) is 23.3 Å². The van der Waals surface area contributed by atoms with Gasteiger partial charge in [0.1, 0.15) is 0 Å². The summed E-state index contributed by atoms with van der Waals surface area (Å²) in [7, 11) is -3.44. The van der Waals surface area contributed by atoms with E-state index in [9.17, 15) is 13.2 Å². The lowest BCUT2D eigenvalue weighted by Crippen LogP contribution is -2.09. The minimum Gasteiger partial charge on any atom is -0.465 e. The van der Waals surface area contributed by atoms with Gasteiger partial charge in [0.05, 0.1) is 18.4 Å². The van der Waals surface area contributed by atoms with Crippen molar-refractivity contribution in [2.24, 2.45) is 0 Å². The van der Waals surface area contributed by atoms with Gasteiger partial charge >= 0.3 is 6.09 Å². The largest absolute Gasteiger partial charge is 0.465 e. The molecule has 2 heterocycles. The summed E-state index contributed by atoms with van der Waals surface area (Å²) in [5, 5.41) is 14.5. The highest BCUT2D eigenvalue weighted by Gasteiger charge is 2.13. The Bertz CT molecular complexity index is 784. The molecule has 2 aromatic rings. The number of rotatable bonds is 4. The molecule has 0 aromatic carbocycles. The zero-order valence-electron chi connectivity index (χ0n) is 11.3. The molecule has 0 atom stereocenters. The zero-order valence-corrected chi connectivity index (χ0v) is 12.1. The second-order valence-electron chi connectivity index (χ2n) is 4.39. The number of nitrogens with zero attached hydrogens (tertiary/aromatic N) is 4. The molecule has 0 radical (unpaired) electrons. The van der Waals surface area contributed by atoms with Gasteiger partial charge in [0.25, 0.3) is 0 Å². The first kappa shape index (κ1) is 14.9. The topological polar surface area (TPSA) is 127 Å².